The number of aromatic nitrogens is 2. The molecule has 8 heteroatoms. The van der Waals surface area contributed by atoms with E-state index in [0.29, 0.717) is 25.1 Å². The second-order valence-electron chi connectivity index (χ2n) is 6.05. The smallest absolute Gasteiger partial charge is 0.335 e. The van der Waals surface area contributed by atoms with E-state index in [-0.39, 0.29) is 11.5 Å². The first kappa shape index (κ1) is 17.7. The highest BCUT2D eigenvalue weighted by Crippen LogP contribution is 2.21. The molecule has 0 aliphatic carbocycles. The van der Waals surface area contributed by atoms with Crippen LogP contribution in [0.1, 0.15) is 40.5 Å². The molecular formula is C18H20N4O4. The molecule has 2 aromatic rings. The molecule has 2 heterocycles. The number of aryl methyl sites for hydroxylation is 1. The minimum atomic E-state index is -1.05. The van der Waals surface area contributed by atoms with E-state index >= 15 is 0 Å². The highest BCUT2D eigenvalue weighted by molar-refractivity contribution is 6.02. The molecule has 0 saturated carbocycles. The maximum atomic E-state index is 12.8. The summed E-state index contributed by atoms with van der Waals surface area (Å²) < 4.78 is 1.74. The number of aromatic carboxylic acids is 1. The fourth-order valence-corrected chi connectivity index (χ4v) is 3.04. The standard InChI is InChI=1S/C18H20N4O4/c1-2-22-15(9-10-19-22)21-11-3-4-14(17(21)24)20-16(23)12-5-7-13(8-6-12)18(25)26/h5-10,14H,2-4,11H2,1H3,(H,20,23)(H,25,26). The zero-order valence-electron chi connectivity index (χ0n) is 14.4. The SMILES string of the molecule is CCn1nccc1N1CCCC(NC(=O)c2ccc(C(=O)O)cc2)C1=O. The molecule has 1 aromatic heterocycles. The minimum absolute atomic E-state index is 0.106. The monoisotopic (exact) mass is 356 g/mol. The summed E-state index contributed by atoms with van der Waals surface area (Å²) in [6.07, 6.45) is 2.98. The number of carboxylic acid groups (broad SMARTS) is 1. The first-order valence-corrected chi connectivity index (χ1v) is 8.48. The molecule has 1 saturated heterocycles. The largest absolute Gasteiger partial charge is 0.478 e. The van der Waals surface area contributed by atoms with Crippen LogP contribution in [0.5, 0.6) is 0 Å². The Bertz CT molecular complexity index is 828. The number of benzene rings is 1. The zero-order valence-corrected chi connectivity index (χ0v) is 14.4. The number of hydrogen-bond acceptors (Lipinski definition) is 4. The Morgan fingerprint density at radius 1 is 1.23 bits per heavy atom. The maximum absolute atomic E-state index is 12.8. The molecule has 1 atom stereocenters. The minimum Gasteiger partial charge on any atom is -0.478 e. The number of anilines is 1. The first-order valence-electron chi connectivity index (χ1n) is 8.48. The number of carboxylic acids is 1. The molecule has 1 aliphatic rings. The van der Waals surface area contributed by atoms with E-state index in [1.54, 1.807) is 21.8 Å². The molecule has 0 radical (unpaired) electrons. The molecule has 1 aromatic carbocycles. The van der Waals surface area contributed by atoms with Crippen LogP contribution >= 0.6 is 0 Å². The molecule has 26 heavy (non-hydrogen) atoms. The van der Waals surface area contributed by atoms with Crippen LogP contribution in [0.25, 0.3) is 0 Å². The van der Waals surface area contributed by atoms with E-state index in [0.717, 1.165) is 12.2 Å². The van der Waals surface area contributed by atoms with Crippen molar-refractivity contribution in [3.8, 4) is 0 Å². The molecule has 8 nitrogen and oxygen atoms in total. The third kappa shape index (κ3) is 3.44. The van der Waals surface area contributed by atoms with Gasteiger partial charge in [-0.25, -0.2) is 9.48 Å². The lowest BCUT2D eigenvalue weighted by atomic mass is 10.0. The topological polar surface area (TPSA) is 105 Å². The van der Waals surface area contributed by atoms with Crippen LogP contribution < -0.4 is 10.2 Å². The van der Waals surface area contributed by atoms with Gasteiger partial charge < -0.3 is 10.4 Å². The van der Waals surface area contributed by atoms with Gasteiger partial charge in [-0.05, 0) is 44.0 Å². The van der Waals surface area contributed by atoms with Gasteiger partial charge in [0.1, 0.15) is 11.9 Å². The number of nitrogens with zero attached hydrogens (tertiary/aromatic N) is 3. The van der Waals surface area contributed by atoms with Gasteiger partial charge in [0.2, 0.25) is 0 Å². The number of nitrogens with one attached hydrogen (secondary N) is 1. The fraction of sp³-hybridized carbons (Fsp3) is 0.333. The Hall–Kier alpha value is -3.16. The van der Waals surface area contributed by atoms with Crippen LogP contribution in [0.4, 0.5) is 5.82 Å². The van der Waals surface area contributed by atoms with Crippen molar-refractivity contribution >= 4 is 23.6 Å². The highest BCUT2D eigenvalue weighted by Gasteiger charge is 2.32. The third-order valence-electron chi connectivity index (χ3n) is 4.41. The summed E-state index contributed by atoms with van der Waals surface area (Å²) in [5.41, 5.74) is 0.424. The Morgan fingerprint density at radius 3 is 2.58 bits per heavy atom. The lowest BCUT2D eigenvalue weighted by Gasteiger charge is -2.32. The molecule has 0 spiro atoms. The van der Waals surface area contributed by atoms with Gasteiger partial charge >= 0.3 is 5.97 Å². The van der Waals surface area contributed by atoms with Gasteiger partial charge in [0, 0.05) is 24.7 Å². The predicted octanol–water partition coefficient (Wildman–Crippen LogP) is 1.53. The van der Waals surface area contributed by atoms with Crippen LogP contribution in [0.15, 0.2) is 36.5 Å². The fourth-order valence-electron chi connectivity index (χ4n) is 3.04. The quantitative estimate of drug-likeness (QED) is 0.845. The van der Waals surface area contributed by atoms with Gasteiger partial charge in [-0.1, -0.05) is 0 Å². The van der Waals surface area contributed by atoms with Crippen LogP contribution in [-0.4, -0.2) is 45.3 Å². The van der Waals surface area contributed by atoms with Crippen molar-refractivity contribution < 1.29 is 19.5 Å². The van der Waals surface area contributed by atoms with E-state index in [9.17, 15) is 14.4 Å². The number of hydrogen-bond donors (Lipinski definition) is 2. The summed E-state index contributed by atoms with van der Waals surface area (Å²) in [7, 11) is 0. The summed E-state index contributed by atoms with van der Waals surface area (Å²) in [5, 5.41) is 15.9. The Balaban J connectivity index is 1.72. The van der Waals surface area contributed by atoms with Crippen LogP contribution in [0, 0.1) is 0 Å². The number of carbonyl (C=O) groups is 3. The van der Waals surface area contributed by atoms with E-state index in [1.807, 2.05) is 6.92 Å². The van der Waals surface area contributed by atoms with Crippen molar-refractivity contribution in [1.29, 1.82) is 0 Å². The average molecular weight is 356 g/mol. The van der Waals surface area contributed by atoms with Crippen molar-refractivity contribution in [1.82, 2.24) is 15.1 Å². The number of rotatable bonds is 5. The maximum Gasteiger partial charge on any atom is 0.335 e. The van der Waals surface area contributed by atoms with Gasteiger partial charge in [0.15, 0.2) is 0 Å². The Labute approximate surface area is 150 Å². The Kier molecular flexibility index (Phi) is 5.01. The summed E-state index contributed by atoms with van der Waals surface area (Å²) in [5.74, 6) is -0.891. The zero-order chi connectivity index (χ0) is 18.7. The Morgan fingerprint density at radius 2 is 1.92 bits per heavy atom. The first-order chi connectivity index (χ1) is 12.5. The molecule has 2 N–H and O–H groups in total. The second-order valence-corrected chi connectivity index (χ2v) is 6.05. The van der Waals surface area contributed by atoms with Gasteiger partial charge in [0.25, 0.3) is 11.8 Å². The van der Waals surface area contributed by atoms with Crippen molar-refractivity contribution in [3.05, 3.63) is 47.7 Å². The lowest BCUT2D eigenvalue weighted by Crippen LogP contribution is -2.53. The van der Waals surface area contributed by atoms with Gasteiger partial charge in [-0.3, -0.25) is 14.5 Å². The summed E-state index contributed by atoms with van der Waals surface area (Å²) >= 11 is 0. The molecule has 1 fully saturated rings. The average Bonchev–Trinajstić information content (AvgIpc) is 3.12. The lowest BCUT2D eigenvalue weighted by molar-refractivity contribution is -0.121. The van der Waals surface area contributed by atoms with E-state index in [2.05, 4.69) is 10.4 Å². The third-order valence-corrected chi connectivity index (χ3v) is 4.41. The summed E-state index contributed by atoms with van der Waals surface area (Å²) in [6.45, 7) is 3.19. The van der Waals surface area contributed by atoms with E-state index in [1.165, 1.54) is 24.3 Å². The number of carbonyl (C=O) groups excluding carboxylic acids is 2. The van der Waals surface area contributed by atoms with E-state index < -0.39 is 17.9 Å². The predicted molar refractivity (Wildman–Crippen MR) is 94.1 cm³/mol. The van der Waals surface area contributed by atoms with Crippen molar-refractivity contribution in [2.24, 2.45) is 0 Å². The van der Waals surface area contributed by atoms with Crippen LogP contribution in [0.2, 0.25) is 0 Å². The highest BCUT2D eigenvalue weighted by atomic mass is 16.4. The molecule has 2 amide bonds. The second kappa shape index (κ2) is 7.38. The summed E-state index contributed by atoms with van der Waals surface area (Å²) in [4.78, 5) is 37.7. The molecule has 1 aliphatic heterocycles. The number of amides is 2. The van der Waals surface area contributed by atoms with Crippen molar-refractivity contribution in [2.45, 2.75) is 32.4 Å². The van der Waals surface area contributed by atoms with Gasteiger partial charge in [-0.15, -0.1) is 0 Å². The van der Waals surface area contributed by atoms with Gasteiger partial charge in [0.05, 0.1) is 11.8 Å². The van der Waals surface area contributed by atoms with Crippen molar-refractivity contribution in [3.63, 3.8) is 0 Å². The van der Waals surface area contributed by atoms with Gasteiger partial charge in [-0.2, -0.15) is 5.10 Å². The van der Waals surface area contributed by atoms with Crippen LogP contribution in [0.3, 0.4) is 0 Å². The molecular weight excluding hydrogens is 336 g/mol. The van der Waals surface area contributed by atoms with E-state index in [4.69, 9.17) is 5.11 Å². The number of piperidine rings is 1. The molecule has 0 bridgehead atoms. The normalized spacial score (nSPS) is 17.2. The molecule has 136 valence electrons. The molecule has 3 rings (SSSR count). The van der Waals surface area contributed by atoms with Crippen LogP contribution in [-0.2, 0) is 11.3 Å². The summed E-state index contributed by atoms with van der Waals surface area (Å²) in [6, 6.07) is 6.79. The molecule has 1 unspecified atom stereocenters. The van der Waals surface area contributed by atoms with Crippen molar-refractivity contribution in [2.75, 3.05) is 11.4 Å².